The lowest BCUT2D eigenvalue weighted by Gasteiger charge is -2.12. The van der Waals surface area contributed by atoms with E-state index in [9.17, 15) is 4.79 Å². The first kappa shape index (κ1) is 21.5. The number of halogens is 1. The van der Waals surface area contributed by atoms with E-state index in [2.05, 4.69) is 18.3 Å². The summed E-state index contributed by atoms with van der Waals surface area (Å²) in [5, 5.41) is 3.45. The largest absolute Gasteiger partial charge is 0.493 e. The first-order valence-corrected chi connectivity index (χ1v) is 9.95. The number of hydrogen-bond acceptors (Lipinski definition) is 3. The number of ether oxygens (including phenoxy) is 2. The van der Waals surface area contributed by atoms with Crippen molar-refractivity contribution in [2.45, 2.75) is 20.5 Å². The predicted octanol–water partition coefficient (Wildman–Crippen LogP) is 6.20. The normalized spacial score (nSPS) is 10.8. The molecule has 5 heteroatoms. The molecular formula is C25H24ClNO3. The van der Waals surface area contributed by atoms with Crippen molar-refractivity contribution in [3.8, 4) is 11.5 Å². The lowest BCUT2D eigenvalue weighted by atomic mass is 10.1. The topological polar surface area (TPSA) is 47.6 Å². The molecule has 3 aromatic rings. The molecule has 0 spiro atoms. The summed E-state index contributed by atoms with van der Waals surface area (Å²) in [4.78, 5) is 12.3. The summed E-state index contributed by atoms with van der Waals surface area (Å²) < 4.78 is 11.4. The second kappa shape index (κ2) is 9.99. The van der Waals surface area contributed by atoms with Gasteiger partial charge in [0.25, 0.3) is 0 Å². The molecule has 0 radical (unpaired) electrons. The maximum absolute atomic E-state index is 12.3. The van der Waals surface area contributed by atoms with Crippen LogP contribution in [-0.2, 0) is 11.4 Å². The number of rotatable bonds is 7. The summed E-state index contributed by atoms with van der Waals surface area (Å²) in [6.07, 6.45) is 3.20. The van der Waals surface area contributed by atoms with Crippen molar-refractivity contribution < 1.29 is 14.3 Å². The van der Waals surface area contributed by atoms with Crippen LogP contribution in [0.4, 0.5) is 5.69 Å². The lowest BCUT2D eigenvalue weighted by Crippen LogP contribution is -2.09. The van der Waals surface area contributed by atoms with Gasteiger partial charge in [0.15, 0.2) is 11.5 Å². The third-order valence-corrected chi connectivity index (χ3v) is 5.19. The molecule has 0 fully saturated rings. The third kappa shape index (κ3) is 5.43. The Hall–Kier alpha value is -3.24. The van der Waals surface area contributed by atoms with Gasteiger partial charge in [-0.15, -0.1) is 0 Å². The Balaban J connectivity index is 1.67. The standard InChI is InChI=1S/C25H24ClNO3/c1-17-7-4-5-8-20(17)16-30-23-13-11-19(15-24(23)29-3)12-14-25(28)27-22-10-6-9-21(26)18(22)2/h4-15H,16H2,1-3H3,(H,27,28). The molecule has 0 aromatic heterocycles. The first-order valence-electron chi connectivity index (χ1n) is 9.57. The molecule has 0 unspecified atom stereocenters. The number of anilines is 1. The summed E-state index contributed by atoms with van der Waals surface area (Å²) in [6, 6.07) is 19.1. The Morgan fingerprint density at radius 3 is 2.60 bits per heavy atom. The molecule has 0 aliphatic heterocycles. The lowest BCUT2D eigenvalue weighted by molar-refractivity contribution is -0.111. The van der Waals surface area contributed by atoms with Crippen LogP contribution in [0.3, 0.4) is 0 Å². The van der Waals surface area contributed by atoms with E-state index < -0.39 is 0 Å². The molecule has 0 heterocycles. The van der Waals surface area contributed by atoms with Crippen molar-refractivity contribution >= 4 is 29.3 Å². The van der Waals surface area contributed by atoms with Gasteiger partial charge in [0.05, 0.1) is 7.11 Å². The number of amides is 1. The monoisotopic (exact) mass is 421 g/mol. The van der Waals surface area contributed by atoms with Gasteiger partial charge >= 0.3 is 0 Å². The van der Waals surface area contributed by atoms with Crippen molar-refractivity contribution in [3.05, 3.63) is 94.0 Å². The third-order valence-electron chi connectivity index (χ3n) is 4.78. The van der Waals surface area contributed by atoms with Crippen LogP contribution in [0.1, 0.15) is 22.3 Å². The highest BCUT2D eigenvalue weighted by molar-refractivity contribution is 6.31. The maximum atomic E-state index is 12.3. The first-order chi connectivity index (χ1) is 14.5. The summed E-state index contributed by atoms with van der Waals surface area (Å²) in [5.41, 5.74) is 4.65. The van der Waals surface area contributed by atoms with E-state index in [1.807, 2.05) is 49.4 Å². The zero-order chi connectivity index (χ0) is 21.5. The quantitative estimate of drug-likeness (QED) is 0.462. The SMILES string of the molecule is COc1cc(C=CC(=O)Nc2cccc(Cl)c2C)ccc1OCc1ccccc1C. The average Bonchev–Trinajstić information content (AvgIpc) is 2.75. The Labute approximate surface area is 182 Å². The van der Waals surface area contributed by atoms with E-state index in [1.54, 1.807) is 25.3 Å². The minimum Gasteiger partial charge on any atom is -0.493 e. The molecular weight excluding hydrogens is 398 g/mol. The average molecular weight is 422 g/mol. The van der Waals surface area contributed by atoms with Crippen LogP contribution in [0.2, 0.25) is 5.02 Å². The summed E-state index contributed by atoms with van der Waals surface area (Å²) in [7, 11) is 1.60. The van der Waals surface area contributed by atoms with Gasteiger partial charge in [0.2, 0.25) is 5.91 Å². The highest BCUT2D eigenvalue weighted by atomic mass is 35.5. The maximum Gasteiger partial charge on any atom is 0.248 e. The number of aryl methyl sites for hydroxylation is 1. The van der Waals surface area contributed by atoms with Crippen LogP contribution in [0.25, 0.3) is 6.08 Å². The molecule has 3 rings (SSSR count). The molecule has 1 amide bonds. The second-order valence-electron chi connectivity index (χ2n) is 6.86. The molecule has 0 bridgehead atoms. The molecule has 1 N–H and O–H groups in total. The molecule has 0 saturated heterocycles. The predicted molar refractivity (Wildman–Crippen MR) is 122 cm³/mol. The van der Waals surface area contributed by atoms with Gasteiger partial charge in [0, 0.05) is 16.8 Å². The molecule has 4 nitrogen and oxygen atoms in total. The minimum absolute atomic E-state index is 0.237. The Kier molecular flexibility index (Phi) is 7.15. The van der Waals surface area contributed by atoms with Gasteiger partial charge in [0.1, 0.15) is 6.61 Å². The molecule has 0 saturated carbocycles. The highest BCUT2D eigenvalue weighted by Gasteiger charge is 2.08. The van der Waals surface area contributed by atoms with Gasteiger partial charge in [-0.1, -0.05) is 48.0 Å². The minimum atomic E-state index is -0.237. The van der Waals surface area contributed by atoms with Crippen molar-refractivity contribution in [1.82, 2.24) is 0 Å². The van der Waals surface area contributed by atoms with Crippen LogP contribution in [0.15, 0.2) is 66.7 Å². The van der Waals surface area contributed by atoms with Gasteiger partial charge in [-0.3, -0.25) is 4.79 Å². The van der Waals surface area contributed by atoms with Gasteiger partial charge in [-0.25, -0.2) is 0 Å². The van der Waals surface area contributed by atoms with Crippen molar-refractivity contribution in [1.29, 1.82) is 0 Å². The van der Waals surface area contributed by atoms with Crippen LogP contribution in [0, 0.1) is 13.8 Å². The number of carbonyl (C=O) groups is 1. The van der Waals surface area contributed by atoms with E-state index in [0.717, 1.165) is 16.7 Å². The fourth-order valence-corrected chi connectivity index (χ4v) is 3.10. The summed E-state index contributed by atoms with van der Waals surface area (Å²) in [6.45, 7) is 4.38. The zero-order valence-corrected chi connectivity index (χ0v) is 18.0. The summed E-state index contributed by atoms with van der Waals surface area (Å²) in [5.74, 6) is 1.02. The zero-order valence-electron chi connectivity index (χ0n) is 17.2. The van der Waals surface area contributed by atoms with Crippen LogP contribution >= 0.6 is 11.6 Å². The number of carbonyl (C=O) groups excluding carboxylic acids is 1. The Bertz CT molecular complexity index is 1080. The van der Waals surface area contributed by atoms with E-state index in [0.29, 0.717) is 28.8 Å². The molecule has 0 aliphatic carbocycles. The number of methoxy groups -OCH3 is 1. The van der Waals surface area contributed by atoms with Crippen molar-refractivity contribution in [3.63, 3.8) is 0 Å². The fourth-order valence-electron chi connectivity index (χ4n) is 2.92. The van der Waals surface area contributed by atoms with Gasteiger partial charge < -0.3 is 14.8 Å². The fraction of sp³-hybridized carbons (Fsp3) is 0.160. The van der Waals surface area contributed by atoms with E-state index in [1.165, 1.54) is 11.6 Å². The van der Waals surface area contributed by atoms with Crippen LogP contribution in [-0.4, -0.2) is 13.0 Å². The number of nitrogens with one attached hydrogen (secondary N) is 1. The van der Waals surface area contributed by atoms with E-state index >= 15 is 0 Å². The van der Waals surface area contributed by atoms with Crippen LogP contribution in [0.5, 0.6) is 11.5 Å². The Morgan fingerprint density at radius 1 is 1.03 bits per heavy atom. The van der Waals surface area contributed by atoms with Gasteiger partial charge in [-0.2, -0.15) is 0 Å². The molecule has 3 aromatic carbocycles. The molecule has 0 aliphatic rings. The second-order valence-corrected chi connectivity index (χ2v) is 7.27. The molecule has 0 atom stereocenters. The highest BCUT2D eigenvalue weighted by Crippen LogP contribution is 2.29. The van der Waals surface area contributed by atoms with Crippen molar-refractivity contribution in [2.75, 3.05) is 12.4 Å². The number of hydrogen-bond donors (Lipinski definition) is 1. The van der Waals surface area contributed by atoms with Crippen LogP contribution < -0.4 is 14.8 Å². The molecule has 154 valence electrons. The Morgan fingerprint density at radius 2 is 1.83 bits per heavy atom. The van der Waals surface area contributed by atoms with E-state index in [4.69, 9.17) is 21.1 Å². The smallest absolute Gasteiger partial charge is 0.248 e. The van der Waals surface area contributed by atoms with Gasteiger partial charge in [-0.05, 0) is 66.4 Å². The molecule has 30 heavy (non-hydrogen) atoms. The summed E-state index contributed by atoms with van der Waals surface area (Å²) >= 11 is 6.10. The number of benzene rings is 3. The van der Waals surface area contributed by atoms with Crippen molar-refractivity contribution in [2.24, 2.45) is 0 Å². The van der Waals surface area contributed by atoms with E-state index in [-0.39, 0.29) is 5.91 Å².